The van der Waals surface area contributed by atoms with E-state index in [1.807, 2.05) is 37.3 Å². The monoisotopic (exact) mass is 342 g/mol. The number of rotatable bonds is 4. The largest absolute Gasteiger partial charge is 0.368 e. The molecule has 7 nitrogen and oxygen atoms in total. The van der Waals surface area contributed by atoms with Gasteiger partial charge >= 0.3 is 0 Å². The first-order valence-electron chi connectivity index (χ1n) is 7.88. The summed E-state index contributed by atoms with van der Waals surface area (Å²) in [6.07, 6.45) is 0.0264. The molecule has 3 heterocycles. The van der Waals surface area contributed by atoms with Crippen LogP contribution in [-0.4, -0.2) is 49.8 Å². The number of morpholine rings is 1. The smallest absolute Gasteiger partial charge is 0.170 e. The molecule has 1 aliphatic rings. The van der Waals surface area contributed by atoms with Crippen LogP contribution in [0.1, 0.15) is 22.6 Å². The SMILES string of the molecule is Cc1csc([C@H]2CN(Cc3nnnn3-c3ccccc3)CCO2)n1. The molecule has 0 unspecified atom stereocenters. The quantitative estimate of drug-likeness (QED) is 0.722. The molecule has 124 valence electrons. The van der Waals surface area contributed by atoms with Crippen molar-refractivity contribution < 1.29 is 4.74 Å². The highest BCUT2D eigenvalue weighted by atomic mass is 32.1. The van der Waals surface area contributed by atoms with Crippen LogP contribution in [0.3, 0.4) is 0 Å². The lowest BCUT2D eigenvalue weighted by Crippen LogP contribution is -2.38. The number of hydrogen-bond donors (Lipinski definition) is 0. The lowest BCUT2D eigenvalue weighted by Gasteiger charge is -2.31. The van der Waals surface area contributed by atoms with Crippen molar-refractivity contribution in [1.29, 1.82) is 0 Å². The van der Waals surface area contributed by atoms with Crippen molar-refractivity contribution in [1.82, 2.24) is 30.1 Å². The predicted octanol–water partition coefficient (Wildman–Crippen LogP) is 2.00. The fourth-order valence-electron chi connectivity index (χ4n) is 2.79. The number of ether oxygens (including phenoxy) is 1. The van der Waals surface area contributed by atoms with Gasteiger partial charge < -0.3 is 4.74 Å². The highest BCUT2D eigenvalue weighted by Gasteiger charge is 2.25. The number of aryl methyl sites for hydroxylation is 1. The molecule has 1 aliphatic heterocycles. The normalized spacial score (nSPS) is 18.8. The van der Waals surface area contributed by atoms with Crippen LogP contribution in [0.2, 0.25) is 0 Å². The van der Waals surface area contributed by atoms with E-state index in [0.29, 0.717) is 13.2 Å². The molecule has 1 atom stereocenters. The fraction of sp³-hybridized carbons (Fsp3) is 0.375. The van der Waals surface area contributed by atoms with Crippen LogP contribution >= 0.6 is 11.3 Å². The van der Waals surface area contributed by atoms with Crippen LogP contribution in [-0.2, 0) is 11.3 Å². The molecular weight excluding hydrogens is 324 g/mol. The highest BCUT2D eigenvalue weighted by molar-refractivity contribution is 7.09. The lowest BCUT2D eigenvalue weighted by molar-refractivity contribution is -0.0339. The Hall–Kier alpha value is -2.16. The van der Waals surface area contributed by atoms with Crippen molar-refractivity contribution in [3.05, 3.63) is 52.2 Å². The molecular formula is C16H18N6OS. The Balaban J connectivity index is 1.49. The molecule has 0 N–H and O–H groups in total. The van der Waals surface area contributed by atoms with Crippen molar-refractivity contribution in [3.8, 4) is 5.69 Å². The van der Waals surface area contributed by atoms with Crippen LogP contribution in [0.25, 0.3) is 5.69 Å². The minimum absolute atomic E-state index is 0.0264. The number of hydrogen-bond acceptors (Lipinski definition) is 7. The van der Waals surface area contributed by atoms with Gasteiger partial charge in [0.2, 0.25) is 0 Å². The Morgan fingerprint density at radius 2 is 2.17 bits per heavy atom. The summed E-state index contributed by atoms with van der Waals surface area (Å²) in [4.78, 5) is 6.87. The third-order valence-corrected chi connectivity index (χ3v) is 5.02. The second-order valence-electron chi connectivity index (χ2n) is 5.76. The summed E-state index contributed by atoms with van der Waals surface area (Å²) < 4.78 is 7.68. The van der Waals surface area contributed by atoms with Crippen molar-refractivity contribution in [3.63, 3.8) is 0 Å². The van der Waals surface area contributed by atoms with Crippen LogP contribution in [0, 0.1) is 6.92 Å². The van der Waals surface area contributed by atoms with Gasteiger partial charge in [-0.15, -0.1) is 16.4 Å². The van der Waals surface area contributed by atoms with Gasteiger partial charge in [0, 0.05) is 24.2 Å². The number of nitrogens with zero attached hydrogens (tertiary/aromatic N) is 6. The molecule has 1 fully saturated rings. The minimum atomic E-state index is 0.0264. The Labute approximate surface area is 143 Å². The van der Waals surface area contributed by atoms with E-state index < -0.39 is 0 Å². The van der Waals surface area contributed by atoms with E-state index in [0.717, 1.165) is 35.3 Å². The van der Waals surface area contributed by atoms with E-state index >= 15 is 0 Å². The molecule has 1 saturated heterocycles. The maximum absolute atomic E-state index is 5.89. The van der Waals surface area contributed by atoms with Gasteiger partial charge in [0.1, 0.15) is 11.1 Å². The fourth-order valence-corrected chi connectivity index (χ4v) is 3.62. The molecule has 0 bridgehead atoms. The van der Waals surface area contributed by atoms with Crippen LogP contribution in [0.4, 0.5) is 0 Å². The molecule has 24 heavy (non-hydrogen) atoms. The Bertz CT molecular complexity index is 802. The highest BCUT2D eigenvalue weighted by Crippen LogP contribution is 2.25. The van der Waals surface area contributed by atoms with Gasteiger partial charge in [-0.25, -0.2) is 4.98 Å². The number of tetrazole rings is 1. The maximum atomic E-state index is 5.89. The number of benzene rings is 1. The van der Waals surface area contributed by atoms with E-state index in [1.165, 1.54) is 0 Å². The zero-order chi connectivity index (χ0) is 16.4. The molecule has 0 aliphatic carbocycles. The zero-order valence-electron chi connectivity index (χ0n) is 13.4. The Morgan fingerprint density at radius 3 is 2.96 bits per heavy atom. The Kier molecular flexibility index (Phi) is 4.33. The number of para-hydroxylation sites is 1. The van der Waals surface area contributed by atoms with Gasteiger partial charge in [0.05, 0.1) is 18.8 Å². The van der Waals surface area contributed by atoms with Crippen molar-refractivity contribution in [2.24, 2.45) is 0 Å². The second-order valence-corrected chi connectivity index (χ2v) is 6.65. The molecule has 2 aromatic heterocycles. The molecule has 0 radical (unpaired) electrons. The summed E-state index contributed by atoms with van der Waals surface area (Å²) in [7, 11) is 0. The first-order chi connectivity index (χ1) is 11.8. The maximum Gasteiger partial charge on any atom is 0.170 e. The van der Waals surface area contributed by atoms with Gasteiger partial charge in [0.25, 0.3) is 0 Å². The van der Waals surface area contributed by atoms with E-state index in [2.05, 4.69) is 30.8 Å². The van der Waals surface area contributed by atoms with Crippen LogP contribution in [0.5, 0.6) is 0 Å². The topological polar surface area (TPSA) is 69.0 Å². The standard InChI is InChI=1S/C16H18N6OS/c1-12-11-24-16(17-12)14-9-21(7-8-23-14)10-15-18-19-20-22(15)13-5-3-2-4-6-13/h2-6,11,14H,7-10H2,1H3/t14-/m1/s1. The van der Waals surface area contributed by atoms with Crippen molar-refractivity contribution >= 4 is 11.3 Å². The average Bonchev–Trinajstić information content (AvgIpc) is 3.25. The lowest BCUT2D eigenvalue weighted by atomic mass is 10.2. The minimum Gasteiger partial charge on any atom is -0.368 e. The summed E-state index contributed by atoms with van der Waals surface area (Å²) in [6, 6.07) is 9.95. The third kappa shape index (κ3) is 3.21. The first-order valence-corrected chi connectivity index (χ1v) is 8.76. The molecule has 0 amide bonds. The van der Waals surface area contributed by atoms with E-state index in [4.69, 9.17) is 4.74 Å². The van der Waals surface area contributed by atoms with Crippen molar-refractivity contribution in [2.75, 3.05) is 19.7 Å². The molecule has 3 aromatic rings. The predicted molar refractivity (Wildman–Crippen MR) is 90.0 cm³/mol. The van der Waals surface area contributed by atoms with Crippen LogP contribution in [0.15, 0.2) is 35.7 Å². The van der Waals surface area contributed by atoms with Gasteiger partial charge in [-0.2, -0.15) is 4.68 Å². The number of aromatic nitrogens is 5. The van der Waals surface area contributed by atoms with Crippen molar-refractivity contribution in [2.45, 2.75) is 19.6 Å². The van der Waals surface area contributed by atoms with Gasteiger partial charge in [-0.05, 0) is 29.5 Å². The molecule has 8 heteroatoms. The second kappa shape index (κ2) is 6.76. The van der Waals surface area contributed by atoms with E-state index in [9.17, 15) is 0 Å². The van der Waals surface area contributed by atoms with Crippen LogP contribution < -0.4 is 0 Å². The number of thiazole rings is 1. The van der Waals surface area contributed by atoms with E-state index in [-0.39, 0.29) is 6.10 Å². The van der Waals surface area contributed by atoms with Gasteiger partial charge in [-0.1, -0.05) is 18.2 Å². The van der Waals surface area contributed by atoms with Gasteiger partial charge in [-0.3, -0.25) is 4.90 Å². The van der Waals surface area contributed by atoms with Gasteiger partial charge in [0.15, 0.2) is 5.82 Å². The summed E-state index contributed by atoms with van der Waals surface area (Å²) in [6.45, 7) is 5.05. The molecule has 1 aromatic carbocycles. The summed E-state index contributed by atoms with van der Waals surface area (Å²) >= 11 is 1.66. The summed E-state index contributed by atoms with van der Waals surface area (Å²) in [5.74, 6) is 0.831. The first kappa shape index (κ1) is 15.4. The summed E-state index contributed by atoms with van der Waals surface area (Å²) in [5.41, 5.74) is 2.02. The molecule has 0 saturated carbocycles. The summed E-state index contributed by atoms with van der Waals surface area (Å²) in [5, 5.41) is 15.3. The average molecular weight is 342 g/mol. The Morgan fingerprint density at radius 1 is 1.29 bits per heavy atom. The third-order valence-electron chi connectivity index (χ3n) is 3.96. The molecule has 0 spiro atoms. The zero-order valence-corrected chi connectivity index (χ0v) is 14.2. The van der Waals surface area contributed by atoms with E-state index in [1.54, 1.807) is 16.0 Å². The molecule has 4 rings (SSSR count).